The van der Waals surface area contributed by atoms with Gasteiger partial charge in [-0.15, -0.1) is 0 Å². The average molecular weight is 425 g/mol. The number of aryl methyl sites for hydroxylation is 2. The zero-order valence-corrected chi connectivity index (χ0v) is 17.5. The molecule has 0 aromatic heterocycles. The topological polar surface area (TPSA) is 119 Å². The monoisotopic (exact) mass is 425 g/mol. The van der Waals surface area contributed by atoms with Crippen LogP contribution in [0, 0.1) is 24.0 Å². The maximum absolute atomic E-state index is 12.2. The number of non-ortho nitro benzene ring substituents is 1. The van der Waals surface area contributed by atoms with Crippen molar-refractivity contribution in [3.63, 3.8) is 0 Å². The minimum atomic E-state index is -0.784. The number of amides is 2. The average Bonchev–Trinajstić information content (AvgIpc) is 2.73. The summed E-state index contributed by atoms with van der Waals surface area (Å²) in [6.45, 7) is 3.01. The molecule has 2 aromatic rings. The van der Waals surface area contributed by atoms with Crippen LogP contribution in [0.25, 0.3) is 6.08 Å². The molecular formula is C22H23N3O6. The van der Waals surface area contributed by atoms with Gasteiger partial charge in [-0.3, -0.25) is 19.7 Å². The van der Waals surface area contributed by atoms with Gasteiger partial charge >= 0.3 is 5.97 Å². The van der Waals surface area contributed by atoms with E-state index < -0.39 is 23.4 Å². The van der Waals surface area contributed by atoms with Crippen molar-refractivity contribution in [1.29, 1.82) is 0 Å². The number of hydrogen-bond acceptors (Lipinski definition) is 6. The largest absolute Gasteiger partial charge is 0.452 e. The van der Waals surface area contributed by atoms with Crippen LogP contribution in [0.2, 0.25) is 0 Å². The van der Waals surface area contributed by atoms with Crippen molar-refractivity contribution >= 4 is 35.2 Å². The molecule has 2 rings (SSSR count). The van der Waals surface area contributed by atoms with Crippen molar-refractivity contribution < 1.29 is 24.0 Å². The van der Waals surface area contributed by atoms with Crippen LogP contribution in [0.3, 0.4) is 0 Å². The number of anilines is 1. The summed E-state index contributed by atoms with van der Waals surface area (Å²) in [6, 6.07) is 11.3. The van der Waals surface area contributed by atoms with E-state index in [-0.39, 0.29) is 18.1 Å². The lowest BCUT2D eigenvalue weighted by molar-refractivity contribution is -0.384. The lowest BCUT2D eigenvalue weighted by atomic mass is 10.1. The molecule has 0 unspecified atom stereocenters. The third-order valence-electron chi connectivity index (χ3n) is 4.38. The van der Waals surface area contributed by atoms with Crippen LogP contribution in [-0.4, -0.2) is 47.8 Å². The molecule has 0 fully saturated rings. The minimum absolute atomic E-state index is 0.105. The number of carbonyl (C=O) groups excluding carboxylic acids is 3. The highest BCUT2D eigenvalue weighted by Gasteiger charge is 2.16. The number of hydrogen-bond donors (Lipinski definition) is 1. The molecule has 0 atom stereocenters. The number of nitro groups is 1. The van der Waals surface area contributed by atoms with Gasteiger partial charge in [-0.05, 0) is 36.6 Å². The summed E-state index contributed by atoms with van der Waals surface area (Å²) in [4.78, 5) is 47.5. The number of carbonyl (C=O) groups is 3. The summed E-state index contributed by atoms with van der Waals surface area (Å²) in [5.74, 6) is -1.70. The summed E-state index contributed by atoms with van der Waals surface area (Å²) in [6.07, 6.45) is 2.42. The number of nitrogens with zero attached hydrogens (tertiary/aromatic N) is 2. The maximum Gasteiger partial charge on any atom is 0.331 e. The molecule has 0 spiro atoms. The van der Waals surface area contributed by atoms with Gasteiger partial charge in [0.05, 0.1) is 11.5 Å². The summed E-state index contributed by atoms with van der Waals surface area (Å²) in [5, 5.41) is 13.5. The van der Waals surface area contributed by atoms with Crippen LogP contribution in [0.4, 0.5) is 11.4 Å². The van der Waals surface area contributed by atoms with Crippen LogP contribution in [0.1, 0.15) is 16.7 Å². The highest BCUT2D eigenvalue weighted by Crippen LogP contribution is 2.19. The Morgan fingerprint density at radius 3 is 2.42 bits per heavy atom. The number of nitro benzene ring substituents is 1. The molecule has 0 radical (unpaired) electrons. The standard InChI is InChI=1S/C22H23N3O6/c1-15-6-4-7-16(2)22(15)23-19(26)13-24(3)20(27)14-31-21(28)11-10-17-8-5-9-18(12-17)25(29)30/h4-12H,13-14H2,1-3H3,(H,23,26)/b11-10+. The number of benzene rings is 2. The molecule has 9 heteroatoms. The fourth-order valence-corrected chi connectivity index (χ4v) is 2.69. The number of para-hydroxylation sites is 1. The molecule has 2 aromatic carbocycles. The van der Waals surface area contributed by atoms with Crippen LogP contribution in [0.15, 0.2) is 48.5 Å². The number of ether oxygens (including phenoxy) is 1. The molecule has 0 aliphatic rings. The smallest absolute Gasteiger partial charge is 0.331 e. The predicted molar refractivity (Wildman–Crippen MR) is 115 cm³/mol. The zero-order valence-electron chi connectivity index (χ0n) is 17.5. The summed E-state index contributed by atoms with van der Waals surface area (Å²) in [7, 11) is 1.43. The second-order valence-electron chi connectivity index (χ2n) is 6.86. The Hall–Kier alpha value is -4.01. The van der Waals surface area contributed by atoms with E-state index in [4.69, 9.17) is 4.74 Å². The highest BCUT2D eigenvalue weighted by molar-refractivity contribution is 5.96. The van der Waals surface area contributed by atoms with Crippen LogP contribution < -0.4 is 5.32 Å². The van der Waals surface area contributed by atoms with E-state index in [1.54, 1.807) is 6.07 Å². The fourth-order valence-electron chi connectivity index (χ4n) is 2.69. The molecule has 162 valence electrons. The van der Waals surface area contributed by atoms with Gasteiger partial charge in [-0.2, -0.15) is 0 Å². The molecule has 0 aliphatic carbocycles. The van der Waals surface area contributed by atoms with Gasteiger partial charge in [0.1, 0.15) is 0 Å². The van der Waals surface area contributed by atoms with E-state index in [0.29, 0.717) is 11.3 Å². The fraction of sp³-hybridized carbons (Fsp3) is 0.227. The first-order chi connectivity index (χ1) is 14.7. The van der Waals surface area contributed by atoms with Gasteiger partial charge in [-0.1, -0.05) is 30.3 Å². The van der Waals surface area contributed by atoms with Crippen molar-refractivity contribution in [3.05, 3.63) is 75.3 Å². The van der Waals surface area contributed by atoms with Crippen molar-refractivity contribution in [2.75, 3.05) is 25.5 Å². The first kappa shape index (κ1) is 23.3. The Balaban J connectivity index is 1.83. The second kappa shape index (κ2) is 10.7. The van der Waals surface area contributed by atoms with E-state index in [2.05, 4.69) is 5.32 Å². The van der Waals surface area contributed by atoms with E-state index in [1.165, 1.54) is 31.3 Å². The highest BCUT2D eigenvalue weighted by atomic mass is 16.6. The van der Waals surface area contributed by atoms with Crippen molar-refractivity contribution in [3.8, 4) is 0 Å². The molecule has 2 amide bonds. The SMILES string of the molecule is Cc1cccc(C)c1NC(=O)CN(C)C(=O)COC(=O)/C=C/c1cccc([N+](=O)[O-])c1. The zero-order chi connectivity index (χ0) is 23.0. The Kier molecular flexibility index (Phi) is 8.01. The van der Waals surface area contributed by atoms with Gasteiger partial charge in [0.15, 0.2) is 6.61 Å². The number of likely N-dealkylation sites (N-methyl/N-ethyl adjacent to an activating group) is 1. The maximum atomic E-state index is 12.2. The Morgan fingerprint density at radius 2 is 1.77 bits per heavy atom. The van der Waals surface area contributed by atoms with Crippen LogP contribution >= 0.6 is 0 Å². The molecular weight excluding hydrogens is 402 g/mol. The molecule has 0 saturated heterocycles. The molecule has 0 heterocycles. The Labute approximate surface area is 179 Å². The quantitative estimate of drug-likeness (QED) is 0.301. The Morgan fingerprint density at radius 1 is 1.13 bits per heavy atom. The molecule has 0 aliphatic heterocycles. The van der Waals surface area contributed by atoms with Gasteiger partial charge in [0, 0.05) is 30.9 Å². The van der Waals surface area contributed by atoms with E-state index >= 15 is 0 Å². The summed E-state index contributed by atoms with van der Waals surface area (Å²) in [5.41, 5.74) is 2.86. The number of nitrogens with one attached hydrogen (secondary N) is 1. The summed E-state index contributed by atoms with van der Waals surface area (Å²) < 4.78 is 4.88. The molecule has 0 saturated carbocycles. The molecule has 1 N–H and O–H groups in total. The van der Waals surface area contributed by atoms with Gasteiger partial charge in [0.25, 0.3) is 11.6 Å². The van der Waals surface area contributed by atoms with Gasteiger partial charge in [-0.25, -0.2) is 4.79 Å². The van der Waals surface area contributed by atoms with Crippen molar-refractivity contribution in [2.24, 2.45) is 0 Å². The van der Waals surface area contributed by atoms with Gasteiger partial charge < -0.3 is 15.0 Å². The lowest BCUT2D eigenvalue weighted by Gasteiger charge is -2.18. The van der Waals surface area contributed by atoms with E-state index in [0.717, 1.165) is 22.1 Å². The van der Waals surface area contributed by atoms with E-state index in [9.17, 15) is 24.5 Å². The lowest BCUT2D eigenvalue weighted by Crippen LogP contribution is -2.37. The van der Waals surface area contributed by atoms with Crippen molar-refractivity contribution in [1.82, 2.24) is 4.90 Å². The summed E-state index contributed by atoms with van der Waals surface area (Å²) >= 11 is 0. The van der Waals surface area contributed by atoms with Gasteiger partial charge in [0.2, 0.25) is 5.91 Å². The third-order valence-corrected chi connectivity index (χ3v) is 4.38. The normalized spacial score (nSPS) is 10.5. The number of rotatable bonds is 8. The first-order valence-electron chi connectivity index (χ1n) is 9.36. The first-order valence-corrected chi connectivity index (χ1v) is 9.36. The third kappa shape index (κ3) is 7.07. The van der Waals surface area contributed by atoms with Crippen LogP contribution in [0.5, 0.6) is 0 Å². The molecule has 0 bridgehead atoms. The number of esters is 1. The Bertz CT molecular complexity index is 1010. The molecule has 9 nitrogen and oxygen atoms in total. The van der Waals surface area contributed by atoms with Crippen LogP contribution in [-0.2, 0) is 19.1 Å². The predicted octanol–water partition coefficient (Wildman–Crippen LogP) is 2.87. The minimum Gasteiger partial charge on any atom is -0.452 e. The second-order valence-corrected chi connectivity index (χ2v) is 6.86. The van der Waals surface area contributed by atoms with E-state index in [1.807, 2.05) is 32.0 Å². The van der Waals surface area contributed by atoms with Crippen molar-refractivity contribution in [2.45, 2.75) is 13.8 Å². The molecule has 31 heavy (non-hydrogen) atoms.